The minimum absolute atomic E-state index is 0.0246. The number of aliphatic hydroxyl groups is 2. The van der Waals surface area contributed by atoms with Gasteiger partial charge in [-0.05, 0) is 56.5 Å². The first kappa shape index (κ1) is 60.9. The predicted molar refractivity (Wildman–Crippen MR) is 334 cm³/mol. The molecule has 0 aliphatic carbocycles. The number of nitrogens with two attached hydrogens (primary N) is 1. The number of aliphatic carboxylic acids is 1. The van der Waals surface area contributed by atoms with E-state index in [0.29, 0.717) is 84.7 Å². The number of aliphatic hydroxyl groups excluding tert-OH is 2. The Hall–Kier alpha value is -7.73. The summed E-state index contributed by atoms with van der Waals surface area (Å²) in [5.74, 6) is -5.24. The van der Waals surface area contributed by atoms with E-state index < -0.39 is 77.6 Å². The zero-order valence-electron chi connectivity index (χ0n) is 47.0. The Morgan fingerprint density at radius 2 is 1.38 bits per heavy atom. The number of thiazole rings is 6. The first-order valence-corrected chi connectivity index (χ1v) is 33.0. The first-order valence-electron chi connectivity index (χ1n) is 27.8. The minimum atomic E-state index is -1.27. The zero-order chi connectivity index (χ0) is 61.0. The molecule has 448 valence electrons. The number of ketones is 1. The van der Waals surface area contributed by atoms with Gasteiger partial charge in [-0.25, -0.2) is 34.9 Å². The minimum Gasteiger partial charge on any atom is -0.481 e. The summed E-state index contributed by atoms with van der Waals surface area (Å²) in [6.45, 7) is 6.57. The zero-order valence-corrected chi connectivity index (χ0v) is 51.9. The van der Waals surface area contributed by atoms with Crippen LogP contribution in [0.2, 0.25) is 0 Å². The number of hydrogen-bond donors (Lipinski definition) is 7. The van der Waals surface area contributed by atoms with Crippen molar-refractivity contribution in [3.63, 3.8) is 0 Å². The molecule has 10 bridgehead atoms. The first-order chi connectivity index (χ1) is 41.9. The highest BCUT2D eigenvalue weighted by molar-refractivity contribution is 7.15. The Labute approximate surface area is 522 Å². The second-order valence-electron chi connectivity index (χ2n) is 21.3. The van der Waals surface area contributed by atoms with Crippen molar-refractivity contribution < 1.29 is 44.1 Å². The number of benzene rings is 2. The summed E-state index contributed by atoms with van der Waals surface area (Å²) in [5, 5.41) is 53.2. The van der Waals surface area contributed by atoms with Crippen molar-refractivity contribution in [3.05, 3.63) is 153 Å². The second kappa shape index (κ2) is 26.7. The standard InChI is InChI=1S/C60H58N12O9S6/c1-29-12-14-32(15-13-29)19-39-60(81)72-23-45(74)30(2)50(72)59-70-43(28-86-59)57-67-40(25-85-57)49-35(16-17-37(64-49)56-63-34(24-82-56)22-62-18-8-7-11-47(76)77)54-68-41(26-83-54)52(79)65-38(21-46(61)75)58-71-48(31(3)87-58)44(73)20-36(51(78)33-9-5-4-6-10-33)55-69-42(27-84-55)53(80)66-39/h4-6,9-10,12-17,24-28,30,36,38-39,45,50-51,62,74,78H,7-8,11,18-23H2,1-3H3,(H2,61,75)(H,65,79)(H,66,80)(H,76,77)/t30-,36-,38-,39-,45-,50-,51+/m0/s1. The third kappa shape index (κ3) is 13.9. The van der Waals surface area contributed by atoms with Crippen LogP contribution in [0.15, 0.2) is 93.6 Å². The van der Waals surface area contributed by atoms with Crippen LogP contribution in [0, 0.1) is 19.8 Å². The Morgan fingerprint density at radius 3 is 2.15 bits per heavy atom. The molecule has 1 fully saturated rings. The third-order valence-corrected chi connectivity index (χ3v) is 20.7. The molecule has 1 saturated heterocycles. The van der Waals surface area contributed by atoms with Crippen molar-refractivity contribution in [1.82, 2.24) is 55.7 Å². The SMILES string of the molecule is Cc1ccc(C[C@@H]2NC(=O)c3csc(n3)[C@H]([C@H](O)c3ccccc3)CC(=O)c3nc(sc3C)[C@H](CC(N)=O)NC(=O)c3csc(n3)-c3ccc(-c4nc(CNCCCCC(=O)O)cs4)nc3-c3csc(n3)-c3csc(n3)[C@@H]3[C@@H](C)[C@@H](O)CN3C2=O)cc1. The molecule has 2 aromatic carbocycles. The van der Waals surface area contributed by atoms with Gasteiger partial charge in [-0.1, -0.05) is 67.1 Å². The van der Waals surface area contributed by atoms with E-state index in [1.165, 1.54) is 50.7 Å². The highest BCUT2D eigenvalue weighted by Gasteiger charge is 2.45. The molecule has 7 aromatic heterocycles. The van der Waals surface area contributed by atoms with Crippen LogP contribution in [0.1, 0.15) is 137 Å². The molecule has 2 aliphatic heterocycles. The molecule has 4 amide bonds. The van der Waals surface area contributed by atoms with Gasteiger partial charge in [-0.3, -0.25) is 28.8 Å². The van der Waals surface area contributed by atoms with Gasteiger partial charge >= 0.3 is 5.97 Å². The van der Waals surface area contributed by atoms with E-state index in [9.17, 15) is 34.2 Å². The molecular formula is C60H58N12O9S6. The molecule has 2 aliphatic rings. The molecule has 0 unspecified atom stereocenters. The van der Waals surface area contributed by atoms with Crippen LogP contribution >= 0.6 is 68.0 Å². The highest BCUT2D eigenvalue weighted by atomic mass is 32.1. The summed E-state index contributed by atoms with van der Waals surface area (Å²) >= 11 is 7.44. The largest absolute Gasteiger partial charge is 0.481 e. The van der Waals surface area contributed by atoms with E-state index in [2.05, 4.69) is 16.0 Å². The van der Waals surface area contributed by atoms with Crippen LogP contribution in [0.5, 0.6) is 0 Å². The Balaban J connectivity index is 0.986. The molecule has 0 radical (unpaired) electrons. The van der Waals surface area contributed by atoms with Gasteiger partial charge in [-0.15, -0.1) is 68.0 Å². The number of fused-ring (bicyclic) bond motifs is 16. The number of Topliss-reactive ketones (excluding diaryl/α,β-unsaturated/α-hetero) is 1. The van der Waals surface area contributed by atoms with Gasteiger partial charge in [0.05, 0.1) is 47.1 Å². The molecule has 0 saturated carbocycles. The van der Waals surface area contributed by atoms with Crippen LogP contribution in [0.3, 0.4) is 0 Å². The molecular weight excluding hydrogens is 1230 g/mol. The molecule has 0 spiro atoms. The molecule has 87 heavy (non-hydrogen) atoms. The Morgan fingerprint density at radius 1 is 0.713 bits per heavy atom. The van der Waals surface area contributed by atoms with E-state index in [0.717, 1.165) is 39.5 Å². The number of carboxylic acid groups (broad SMARTS) is 1. The molecule has 9 aromatic rings. The van der Waals surface area contributed by atoms with Gasteiger partial charge in [0.1, 0.15) is 65.2 Å². The molecule has 8 N–H and O–H groups in total. The molecule has 21 nitrogen and oxygen atoms in total. The monoisotopic (exact) mass is 1280 g/mol. The number of primary amides is 1. The lowest BCUT2D eigenvalue weighted by atomic mass is 9.90. The van der Waals surface area contributed by atoms with Crippen LogP contribution < -0.4 is 21.7 Å². The van der Waals surface area contributed by atoms with E-state index in [-0.39, 0.29) is 59.3 Å². The lowest BCUT2D eigenvalue weighted by Gasteiger charge is -2.29. The van der Waals surface area contributed by atoms with Crippen molar-refractivity contribution in [2.24, 2.45) is 11.7 Å². The average molecular weight is 1280 g/mol. The summed E-state index contributed by atoms with van der Waals surface area (Å²) in [6, 6.07) is 17.2. The van der Waals surface area contributed by atoms with Gasteiger partial charge in [0.25, 0.3) is 11.8 Å². The van der Waals surface area contributed by atoms with Crippen LogP contribution in [-0.4, -0.2) is 116 Å². The van der Waals surface area contributed by atoms with Crippen molar-refractivity contribution in [1.29, 1.82) is 0 Å². The molecule has 9 heterocycles. The topological polar surface area (TPSA) is 319 Å². The van der Waals surface area contributed by atoms with E-state index in [1.54, 1.807) is 47.5 Å². The number of nitrogens with zero attached hydrogens (tertiary/aromatic N) is 8. The normalized spacial score (nSPS) is 19.5. The lowest BCUT2D eigenvalue weighted by Crippen LogP contribution is -2.50. The number of carbonyl (C=O) groups is 6. The Bertz CT molecular complexity index is 4010. The highest BCUT2D eigenvalue weighted by Crippen LogP contribution is 2.43. The van der Waals surface area contributed by atoms with Crippen LogP contribution in [-0.2, 0) is 27.3 Å². The van der Waals surface area contributed by atoms with Gasteiger partial charge in [0.15, 0.2) is 5.78 Å². The number of aromatic nitrogens is 7. The second-order valence-corrected chi connectivity index (χ2v) is 26.9. The van der Waals surface area contributed by atoms with Crippen molar-refractivity contribution >= 4 is 103 Å². The predicted octanol–water partition coefficient (Wildman–Crippen LogP) is 9.12. The number of carbonyl (C=O) groups excluding carboxylic acids is 5. The van der Waals surface area contributed by atoms with Gasteiger partial charge in [-0.2, -0.15) is 0 Å². The summed E-state index contributed by atoms with van der Waals surface area (Å²) in [6.07, 6.45) is -1.40. The van der Waals surface area contributed by atoms with Crippen LogP contribution in [0.4, 0.5) is 0 Å². The number of hydrogen-bond acceptors (Lipinski definition) is 22. The van der Waals surface area contributed by atoms with Gasteiger partial charge < -0.3 is 41.9 Å². The fraction of sp³-hybridized carbons (Fsp3) is 0.317. The van der Waals surface area contributed by atoms with Crippen LogP contribution in [0.25, 0.3) is 43.4 Å². The fourth-order valence-electron chi connectivity index (χ4n) is 10.4. The number of amides is 4. The smallest absolute Gasteiger partial charge is 0.303 e. The Kier molecular flexibility index (Phi) is 18.7. The quantitative estimate of drug-likeness (QED) is 0.0499. The maximum atomic E-state index is 15.2. The van der Waals surface area contributed by atoms with Gasteiger partial charge in [0, 0.05) is 81.5 Å². The maximum Gasteiger partial charge on any atom is 0.303 e. The number of pyridine rings is 1. The number of unbranched alkanes of at least 4 members (excludes halogenated alkanes) is 1. The summed E-state index contributed by atoms with van der Waals surface area (Å²) in [7, 11) is 0. The number of nitrogens with one attached hydrogen (secondary N) is 3. The summed E-state index contributed by atoms with van der Waals surface area (Å²) in [5.41, 5.74) is 11.4. The average Bonchev–Trinajstić information content (AvgIpc) is 2.28. The summed E-state index contributed by atoms with van der Waals surface area (Å²) < 4.78 is 0. The third-order valence-electron chi connectivity index (χ3n) is 15.0. The molecule has 27 heteroatoms. The van der Waals surface area contributed by atoms with Crippen molar-refractivity contribution in [2.45, 2.75) is 102 Å². The van der Waals surface area contributed by atoms with Gasteiger partial charge in [0.2, 0.25) is 11.8 Å². The van der Waals surface area contributed by atoms with E-state index >= 15 is 4.79 Å². The van der Waals surface area contributed by atoms with Crippen molar-refractivity contribution in [2.75, 3.05) is 13.1 Å². The summed E-state index contributed by atoms with van der Waals surface area (Å²) in [4.78, 5) is 119. The maximum absolute atomic E-state index is 15.2. The van der Waals surface area contributed by atoms with Crippen molar-refractivity contribution in [3.8, 4) is 43.4 Å². The number of aryl methyl sites for hydroxylation is 2. The fourth-order valence-corrected chi connectivity index (χ4v) is 15.8. The number of rotatable bonds is 14. The molecule has 7 atom stereocenters. The molecule has 11 rings (SSSR count). The van der Waals surface area contributed by atoms with E-state index in [1.807, 2.05) is 66.4 Å². The lowest BCUT2D eigenvalue weighted by molar-refractivity contribution is -0.137. The van der Waals surface area contributed by atoms with E-state index in [4.69, 9.17) is 45.7 Å². The number of carboxylic acids is 1.